The van der Waals surface area contributed by atoms with Gasteiger partial charge in [-0.1, -0.05) is 35.5 Å². The summed E-state index contributed by atoms with van der Waals surface area (Å²) in [6.07, 6.45) is 1.82. The molecule has 34 heavy (non-hydrogen) atoms. The smallest absolute Gasteiger partial charge is 0.213 e. The molecule has 4 nitrogen and oxygen atoms in total. The number of rotatable bonds is 8. The van der Waals surface area contributed by atoms with Crippen LogP contribution in [0.5, 0.6) is 0 Å². The number of aromatic nitrogens is 1. The Morgan fingerprint density at radius 1 is 0.941 bits per heavy atom. The number of hydrogen-bond acceptors (Lipinski definition) is 4. The zero-order valence-electron chi connectivity index (χ0n) is 18.6. The number of pyridine rings is 1. The minimum Gasteiger partial charge on any atom is -0.392 e. The maximum atomic E-state index is 13.8. The zero-order chi connectivity index (χ0) is 23.9. The minimum absolute atomic E-state index is 0.230. The van der Waals surface area contributed by atoms with Crippen LogP contribution in [-0.2, 0) is 11.4 Å². The first-order valence-corrected chi connectivity index (χ1v) is 11.2. The highest BCUT2D eigenvalue weighted by atomic mass is 19.2. The van der Waals surface area contributed by atoms with Crippen LogP contribution in [0.3, 0.4) is 0 Å². The van der Waals surface area contributed by atoms with Crippen LogP contribution in [-0.4, -0.2) is 42.0 Å². The van der Waals surface area contributed by atoms with E-state index in [2.05, 4.69) is 15.0 Å². The molecule has 8 heteroatoms. The van der Waals surface area contributed by atoms with E-state index in [1.807, 2.05) is 30.3 Å². The first-order chi connectivity index (χ1) is 16.5. The largest absolute Gasteiger partial charge is 0.392 e. The van der Waals surface area contributed by atoms with Crippen molar-refractivity contribution in [1.29, 1.82) is 0 Å². The number of piperidine rings is 1. The fourth-order valence-electron chi connectivity index (χ4n) is 4.12. The molecule has 0 radical (unpaired) electrons. The summed E-state index contributed by atoms with van der Waals surface area (Å²) in [5.74, 6) is -2.14. The number of likely N-dealkylation sites (tertiary alicyclic amines) is 1. The van der Waals surface area contributed by atoms with Gasteiger partial charge in [0.1, 0.15) is 19.0 Å². The summed E-state index contributed by atoms with van der Waals surface area (Å²) >= 11 is 0. The normalized spacial score (nSPS) is 15.5. The Morgan fingerprint density at radius 3 is 2.35 bits per heavy atom. The van der Waals surface area contributed by atoms with Gasteiger partial charge in [-0.15, -0.1) is 0 Å². The third kappa shape index (κ3) is 5.99. The number of oxime groups is 1. The Hall–Kier alpha value is -3.26. The van der Waals surface area contributed by atoms with E-state index in [0.29, 0.717) is 16.8 Å². The molecule has 0 bridgehead atoms. The van der Waals surface area contributed by atoms with Crippen molar-refractivity contribution in [3.63, 3.8) is 0 Å². The predicted octanol–water partition coefficient (Wildman–Crippen LogP) is 5.62. The predicted molar refractivity (Wildman–Crippen MR) is 122 cm³/mol. The van der Waals surface area contributed by atoms with Crippen molar-refractivity contribution in [3.8, 4) is 0 Å². The quantitative estimate of drug-likeness (QED) is 0.141. The molecule has 3 aromatic rings. The summed E-state index contributed by atoms with van der Waals surface area (Å²) in [6, 6.07) is 16.0. The van der Waals surface area contributed by atoms with Gasteiger partial charge in [-0.25, -0.2) is 18.2 Å². The molecule has 0 saturated carbocycles. The van der Waals surface area contributed by atoms with Crippen molar-refractivity contribution in [2.24, 2.45) is 5.16 Å². The molecule has 1 saturated heterocycles. The highest BCUT2D eigenvalue weighted by Crippen LogP contribution is 2.27. The second kappa shape index (κ2) is 11.2. The molecule has 0 atom stereocenters. The van der Waals surface area contributed by atoms with Gasteiger partial charge in [0.05, 0.1) is 0 Å². The van der Waals surface area contributed by atoms with Crippen LogP contribution in [0.2, 0.25) is 0 Å². The topological polar surface area (TPSA) is 37.7 Å². The van der Waals surface area contributed by atoms with Gasteiger partial charge in [0.25, 0.3) is 0 Å². The first kappa shape index (κ1) is 23.9. The average Bonchev–Trinajstić information content (AvgIpc) is 2.85. The maximum Gasteiger partial charge on any atom is 0.213 e. The van der Waals surface area contributed by atoms with Crippen LogP contribution < -0.4 is 0 Å². The molecule has 4 rings (SSSR count). The van der Waals surface area contributed by atoms with Crippen molar-refractivity contribution in [2.45, 2.75) is 25.3 Å². The van der Waals surface area contributed by atoms with E-state index in [9.17, 15) is 17.6 Å². The monoisotopic (exact) mass is 471 g/mol. The van der Waals surface area contributed by atoms with Gasteiger partial charge in [0.15, 0.2) is 11.6 Å². The summed E-state index contributed by atoms with van der Waals surface area (Å²) < 4.78 is 53.0. The van der Waals surface area contributed by atoms with Crippen LogP contribution in [0.25, 0.3) is 0 Å². The van der Waals surface area contributed by atoms with Crippen molar-refractivity contribution in [1.82, 2.24) is 9.88 Å². The zero-order valence-corrected chi connectivity index (χ0v) is 18.6. The molecular weight excluding hydrogens is 446 g/mol. The summed E-state index contributed by atoms with van der Waals surface area (Å²) in [5, 5.41) is 3.96. The van der Waals surface area contributed by atoms with E-state index in [1.165, 1.54) is 12.1 Å². The van der Waals surface area contributed by atoms with Crippen LogP contribution in [0, 0.1) is 17.6 Å². The fourth-order valence-corrected chi connectivity index (χ4v) is 4.12. The van der Waals surface area contributed by atoms with Gasteiger partial charge in [0, 0.05) is 29.3 Å². The third-order valence-corrected chi connectivity index (χ3v) is 5.89. The number of hydrogen-bond donors (Lipinski definition) is 0. The lowest BCUT2D eigenvalue weighted by Crippen LogP contribution is -2.32. The number of halogens is 4. The Balaban J connectivity index is 1.42. The fraction of sp³-hybridized carbons (Fsp3) is 0.308. The average molecular weight is 471 g/mol. The van der Waals surface area contributed by atoms with Gasteiger partial charge >= 0.3 is 0 Å². The number of benzene rings is 2. The van der Waals surface area contributed by atoms with E-state index >= 15 is 0 Å². The highest BCUT2D eigenvalue weighted by Gasteiger charge is 2.22. The maximum absolute atomic E-state index is 13.8. The van der Waals surface area contributed by atoms with E-state index in [1.54, 1.807) is 6.07 Å². The van der Waals surface area contributed by atoms with Crippen molar-refractivity contribution < 1.29 is 22.4 Å². The lowest BCUT2D eigenvalue weighted by molar-refractivity contribution is 0.128. The summed E-state index contributed by atoms with van der Waals surface area (Å²) in [7, 11) is 0. The van der Waals surface area contributed by atoms with Gasteiger partial charge in [-0.05, 0) is 61.8 Å². The molecule has 0 unspecified atom stereocenters. The van der Waals surface area contributed by atoms with Gasteiger partial charge in [-0.3, -0.25) is 4.90 Å². The first-order valence-electron chi connectivity index (χ1n) is 11.2. The Kier molecular flexibility index (Phi) is 7.90. The summed E-state index contributed by atoms with van der Waals surface area (Å²) in [4.78, 5) is 11.3. The van der Waals surface area contributed by atoms with E-state index in [-0.39, 0.29) is 12.5 Å². The van der Waals surface area contributed by atoms with Crippen molar-refractivity contribution in [2.75, 3.05) is 26.4 Å². The lowest BCUT2D eigenvalue weighted by Gasteiger charge is -2.31. The van der Waals surface area contributed by atoms with Crippen molar-refractivity contribution in [3.05, 3.63) is 101 Å². The molecule has 1 aromatic heterocycles. The van der Waals surface area contributed by atoms with Gasteiger partial charge in [0.2, 0.25) is 5.95 Å². The Labute approximate surface area is 195 Å². The molecule has 1 fully saturated rings. The third-order valence-electron chi connectivity index (χ3n) is 5.89. The van der Waals surface area contributed by atoms with Crippen LogP contribution in [0.4, 0.5) is 17.6 Å². The second-order valence-electron chi connectivity index (χ2n) is 8.22. The van der Waals surface area contributed by atoms with Crippen LogP contribution in [0.15, 0.2) is 65.8 Å². The lowest BCUT2D eigenvalue weighted by atomic mass is 9.92. The summed E-state index contributed by atoms with van der Waals surface area (Å²) in [6.45, 7) is 1.57. The molecule has 0 amide bonds. The van der Waals surface area contributed by atoms with Gasteiger partial charge in [-0.2, -0.15) is 4.39 Å². The second-order valence-corrected chi connectivity index (χ2v) is 8.22. The molecule has 0 spiro atoms. The molecule has 1 aliphatic rings. The number of nitrogens with zero attached hydrogens (tertiary/aromatic N) is 3. The van der Waals surface area contributed by atoms with E-state index in [0.717, 1.165) is 55.9 Å². The van der Waals surface area contributed by atoms with Gasteiger partial charge < -0.3 is 4.84 Å². The molecule has 2 aromatic carbocycles. The van der Waals surface area contributed by atoms with E-state index < -0.39 is 24.3 Å². The summed E-state index contributed by atoms with van der Waals surface area (Å²) in [5.41, 5.74) is 3.16. The number of alkyl halides is 1. The molecule has 0 aliphatic carbocycles. The van der Waals surface area contributed by atoms with Crippen LogP contribution in [0.1, 0.15) is 41.1 Å². The Morgan fingerprint density at radius 2 is 1.68 bits per heavy atom. The highest BCUT2D eigenvalue weighted by molar-refractivity contribution is 6.12. The molecule has 2 heterocycles. The minimum atomic E-state index is -0.996. The van der Waals surface area contributed by atoms with Crippen molar-refractivity contribution >= 4 is 5.71 Å². The Bertz CT molecular complexity index is 1130. The molecule has 178 valence electrons. The standard InChI is InChI=1S/C26H25F4N3O/c27-12-15-34-32-26(21-8-9-22(28)23(29)16-21)20-6-4-18(5-7-20)17-33-13-10-19(11-14-33)24-2-1-3-25(30)31-24/h1-9,16,19H,10-15,17H2/b32-26-. The van der Waals surface area contributed by atoms with E-state index in [4.69, 9.17) is 4.84 Å². The molecule has 1 aliphatic heterocycles. The SMILES string of the molecule is FCCO/N=C(/c1ccc(CN2CCC(c3cccc(F)n3)CC2)cc1)c1ccc(F)c(F)c1. The molecule has 0 N–H and O–H groups in total. The molecular formula is C26H25F4N3O. The van der Waals surface area contributed by atoms with Crippen LogP contribution >= 0.6 is 0 Å².